The second-order valence-electron chi connectivity index (χ2n) is 4.50. The molecule has 1 aromatic rings. The zero-order valence-corrected chi connectivity index (χ0v) is 12.0. The molecule has 0 spiro atoms. The van der Waals surface area contributed by atoms with Crippen molar-refractivity contribution in [2.45, 2.75) is 26.0 Å². The molecule has 0 heterocycles. The summed E-state index contributed by atoms with van der Waals surface area (Å²) in [5.41, 5.74) is 4.60. The van der Waals surface area contributed by atoms with Crippen LogP contribution < -0.4 is 15.8 Å². The van der Waals surface area contributed by atoms with Gasteiger partial charge in [-0.1, -0.05) is 17.7 Å². The highest BCUT2D eigenvalue weighted by molar-refractivity contribution is 6.30. The third kappa shape index (κ3) is 4.11. The van der Waals surface area contributed by atoms with Crippen LogP contribution >= 0.6 is 11.6 Å². The van der Waals surface area contributed by atoms with Gasteiger partial charge in [0.25, 0.3) is 0 Å². The van der Waals surface area contributed by atoms with Gasteiger partial charge in [0.15, 0.2) is 0 Å². The van der Waals surface area contributed by atoms with Gasteiger partial charge in [0.1, 0.15) is 5.75 Å². The maximum atomic E-state index is 11.4. The molecule has 7 heteroatoms. The first-order valence-electron chi connectivity index (χ1n) is 5.94. The first kappa shape index (κ1) is 16.3. The molecule has 20 heavy (non-hydrogen) atoms. The van der Waals surface area contributed by atoms with E-state index in [0.29, 0.717) is 10.6 Å². The Bertz CT molecular complexity index is 521. The van der Waals surface area contributed by atoms with Crippen molar-refractivity contribution in [2.24, 2.45) is 5.73 Å². The third-order valence-electron chi connectivity index (χ3n) is 2.71. The van der Waals surface area contributed by atoms with Gasteiger partial charge >= 0.3 is 5.97 Å². The third-order valence-corrected chi connectivity index (χ3v) is 2.95. The highest BCUT2D eigenvalue weighted by atomic mass is 35.5. The van der Waals surface area contributed by atoms with Gasteiger partial charge in [-0.3, -0.25) is 4.79 Å². The van der Waals surface area contributed by atoms with Crippen LogP contribution in [0.25, 0.3) is 0 Å². The van der Waals surface area contributed by atoms with Crippen LogP contribution in [0.4, 0.5) is 0 Å². The molecule has 0 aromatic heterocycles. The average molecular weight is 301 g/mol. The molecular weight excluding hydrogens is 284 g/mol. The fourth-order valence-electron chi connectivity index (χ4n) is 1.48. The molecule has 110 valence electrons. The van der Waals surface area contributed by atoms with E-state index in [0.717, 1.165) is 0 Å². The minimum Gasteiger partial charge on any atom is -0.478 e. The Labute approximate surface area is 121 Å². The quantitative estimate of drug-likeness (QED) is 0.731. The van der Waals surface area contributed by atoms with Crippen LogP contribution in [0.2, 0.25) is 5.02 Å². The molecule has 0 aliphatic heterocycles. The summed E-state index contributed by atoms with van der Waals surface area (Å²) in [7, 11) is 0. The number of nitrogens with two attached hydrogens (primary N) is 1. The van der Waals surface area contributed by atoms with Gasteiger partial charge in [-0.2, -0.15) is 0 Å². The van der Waals surface area contributed by atoms with E-state index in [-0.39, 0.29) is 24.7 Å². The Balaban J connectivity index is 3.04. The summed E-state index contributed by atoms with van der Waals surface area (Å²) in [6, 6.07) is 4.81. The number of carboxylic acid groups (broad SMARTS) is 1. The van der Waals surface area contributed by atoms with E-state index >= 15 is 0 Å². The maximum absolute atomic E-state index is 11.4. The maximum Gasteiger partial charge on any atom is 0.349 e. The van der Waals surface area contributed by atoms with Crippen molar-refractivity contribution >= 4 is 23.5 Å². The van der Waals surface area contributed by atoms with Gasteiger partial charge < -0.3 is 20.9 Å². The summed E-state index contributed by atoms with van der Waals surface area (Å²) in [4.78, 5) is 22.3. The van der Waals surface area contributed by atoms with Crippen LogP contribution in [0, 0.1) is 0 Å². The summed E-state index contributed by atoms with van der Waals surface area (Å²) in [5.74, 6) is -1.25. The number of nitrogens with one attached hydrogen (secondary N) is 1. The molecule has 1 aromatic carbocycles. The Morgan fingerprint density at radius 1 is 1.50 bits per heavy atom. The number of carbonyl (C=O) groups is 2. The number of aliphatic carboxylic acids is 1. The predicted octanol–water partition coefficient (Wildman–Crippen LogP) is 1.16. The van der Waals surface area contributed by atoms with E-state index in [9.17, 15) is 14.7 Å². The number of rotatable bonds is 6. The Kier molecular flexibility index (Phi) is 5.35. The number of carbonyl (C=O) groups excluding carboxylic acids is 1. The first-order valence-corrected chi connectivity index (χ1v) is 6.31. The first-order chi connectivity index (χ1) is 9.28. The lowest BCUT2D eigenvalue weighted by molar-refractivity contribution is -0.153. The van der Waals surface area contributed by atoms with Gasteiger partial charge in [-0.25, -0.2) is 4.79 Å². The van der Waals surface area contributed by atoms with Crippen LogP contribution in [0.3, 0.4) is 0 Å². The molecule has 4 N–H and O–H groups in total. The SMILES string of the molecule is CC(=O)NCC(C)(Oc1cc(Cl)ccc1CN)C(=O)O. The van der Waals surface area contributed by atoms with Crippen molar-refractivity contribution in [3.63, 3.8) is 0 Å². The number of hydrogen-bond donors (Lipinski definition) is 3. The highest BCUT2D eigenvalue weighted by Gasteiger charge is 2.36. The van der Waals surface area contributed by atoms with E-state index in [2.05, 4.69) is 5.32 Å². The van der Waals surface area contributed by atoms with E-state index in [1.54, 1.807) is 12.1 Å². The van der Waals surface area contributed by atoms with Crippen LogP contribution in [0.1, 0.15) is 19.4 Å². The molecule has 1 unspecified atom stereocenters. The molecule has 1 rings (SSSR count). The number of amides is 1. The molecule has 1 atom stereocenters. The Hall–Kier alpha value is -1.79. The predicted molar refractivity (Wildman–Crippen MR) is 74.7 cm³/mol. The summed E-state index contributed by atoms with van der Waals surface area (Å²) in [6.45, 7) is 2.68. The molecule has 0 aliphatic carbocycles. The summed E-state index contributed by atoms with van der Waals surface area (Å²) < 4.78 is 5.54. The Morgan fingerprint density at radius 2 is 2.15 bits per heavy atom. The minimum absolute atomic E-state index is 0.172. The smallest absolute Gasteiger partial charge is 0.349 e. The fraction of sp³-hybridized carbons (Fsp3) is 0.385. The van der Waals surface area contributed by atoms with Gasteiger partial charge in [0.2, 0.25) is 11.5 Å². The monoisotopic (exact) mass is 300 g/mol. The van der Waals surface area contributed by atoms with Gasteiger partial charge in [0, 0.05) is 24.1 Å². The van der Waals surface area contributed by atoms with Crippen LogP contribution in [0.5, 0.6) is 5.75 Å². The lowest BCUT2D eigenvalue weighted by Gasteiger charge is -2.27. The van der Waals surface area contributed by atoms with Crippen molar-refractivity contribution in [2.75, 3.05) is 6.54 Å². The number of halogens is 1. The topological polar surface area (TPSA) is 102 Å². The Morgan fingerprint density at radius 3 is 2.65 bits per heavy atom. The molecule has 1 amide bonds. The number of ether oxygens (including phenoxy) is 1. The molecular formula is C13H17ClN2O4. The largest absolute Gasteiger partial charge is 0.478 e. The van der Waals surface area contributed by atoms with Crippen molar-refractivity contribution in [1.82, 2.24) is 5.32 Å². The van der Waals surface area contributed by atoms with Crippen molar-refractivity contribution in [1.29, 1.82) is 0 Å². The number of benzene rings is 1. The number of carboxylic acids is 1. The molecule has 0 fully saturated rings. The molecule has 6 nitrogen and oxygen atoms in total. The number of hydrogen-bond acceptors (Lipinski definition) is 4. The van der Waals surface area contributed by atoms with E-state index < -0.39 is 11.6 Å². The highest BCUT2D eigenvalue weighted by Crippen LogP contribution is 2.27. The lowest BCUT2D eigenvalue weighted by Crippen LogP contribution is -2.50. The molecule has 0 radical (unpaired) electrons. The van der Waals surface area contributed by atoms with Gasteiger partial charge in [0.05, 0.1) is 6.54 Å². The second kappa shape index (κ2) is 6.58. The summed E-state index contributed by atoms with van der Waals surface area (Å²) in [6.07, 6.45) is 0. The minimum atomic E-state index is -1.61. The van der Waals surface area contributed by atoms with E-state index in [1.165, 1.54) is 19.9 Å². The van der Waals surface area contributed by atoms with Crippen LogP contribution in [-0.2, 0) is 16.1 Å². The standard InChI is InChI=1S/C13H17ClN2O4/c1-8(17)16-7-13(2,12(18)19)20-11-5-10(14)4-3-9(11)6-15/h3-5H,6-7,15H2,1-2H3,(H,16,17)(H,18,19). The van der Waals surface area contributed by atoms with Gasteiger partial charge in [-0.05, 0) is 19.1 Å². The lowest BCUT2D eigenvalue weighted by atomic mass is 10.1. The fourth-order valence-corrected chi connectivity index (χ4v) is 1.65. The second-order valence-corrected chi connectivity index (χ2v) is 4.94. The zero-order chi connectivity index (χ0) is 15.3. The summed E-state index contributed by atoms with van der Waals surface area (Å²) in [5, 5.41) is 12.1. The van der Waals surface area contributed by atoms with E-state index in [1.807, 2.05) is 0 Å². The summed E-state index contributed by atoms with van der Waals surface area (Å²) >= 11 is 5.87. The molecule has 0 saturated heterocycles. The molecule has 0 aliphatic rings. The zero-order valence-electron chi connectivity index (χ0n) is 11.3. The normalized spacial score (nSPS) is 13.4. The van der Waals surface area contributed by atoms with Crippen molar-refractivity contribution in [3.8, 4) is 5.75 Å². The average Bonchev–Trinajstić information content (AvgIpc) is 2.36. The molecule has 0 saturated carbocycles. The van der Waals surface area contributed by atoms with Crippen LogP contribution in [0.15, 0.2) is 18.2 Å². The van der Waals surface area contributed by atoms with Crippen LogP contribution in [-0.4, -0.2) is 29.1 Å². The van der Waals surface area contributed by atoms with Crippen molar-refractivity contribution in [3.05, 3.63) is 28.8 Å². The van der Waals surface area contributed by atoms with Crippen molar-refractivity contribution < 1.29 is 19.4 Å². The molecule has 0 bridgehead atoms. The van der Waals surface area contributed by atoms with E-state index in [4.69, 9.17) is 22.1 Å². The van der Waals surface area contributed by atoms with Gasteiger partial charge in [-0.15, -0.1) is 0 Å².